The van der Waals surface area contributed by atoms with Crippen molar-refractivity contribution in [3.8, 4) is 5.75 Å². The van der Waals surface area contributed by atoms with E-state index >= 15 is 0 Å². The lowest BCUT2D eigenvalue weighted by molar-refractivity contribution is -0.126. The second kappa shape index (κ2) is 11.9. The maximum Gasteiger partial charge on any atom is 0.243 e. The van der Waals surface area contributed by atoms with Gasteiger partial charge in [0.15, 0.2) is 0 Å². The first kappa shape index (κ1) is 26.2. The van der Waals surface area contributed by atoms with Crippen molar-refractivity contribution in [1.29, 1.82) is 0 Å². The van der Waals surface area contributed by atoms with Gasteiger partial charge in [-0.1, -0.05) is 29.3 Å². The molecule has 0 radical (unpaired) electrons. The summed E-state index contributed by atoms with van der Waals surface area (Å²) >= 11 is 12.3. The van der Waals surface area contributed by atoms with Crippen LogP contribution in [0.5, 0.6) is 5.75 Å². The van der Waals surface area contributed by atoms with E-state index in [1.54, 1.807) is 30.3 Å². The van der Waals surface area contributed by atoms with Gasteiger partial charge < -0.3 is 10.1 Å². The number of nitrogens with one attached hydrogen (secondary N) is 1. The number of hydrogen-bond acceptors (Lipinski definition) is 5. The highest BCUT2D eigenvalue weighted by atomic mass is 35.5. The molecule has 0 atom stereocenters. The number of benzene rings is 2. The second-order valence-corrected chi connectivity index (χ2v) is 11.8. The molecule has 2 heterocycles. The van der Waals surface area contributed by atoms with Gasteiger partial charge in [0.05, 0.1) is 11.4 Å². The number of rotatable bonds is 9. The monoisotopic (exact) mass is 539 g/mol. The van der Waals surface area contributed by atoms with Crippen molar-refractivity contribution in [2.75, 3.05) is 39.3 Å². The number of hydrogen-bond donors (Lipinski definition) is 1. The van der Waals surface area contributed by atoms with E-state index in [-0.39, 0.29) is 16.7 Å². The SMILES string of the molecule is O=C(NCCOc1ccc(S(=O)(=O)N2CCCC2)cc1)C1CCN(Cc2ccc(Cl)cc2Cl)CC1. The fourth-order valence-electron chi connectivity index (χ4n) is 4.52. The summed E-state index contributed by atoms with van der Waals surface area (Å²) in [5, 5.41) is 4.25. The summed E-state index contributed by atoms with van der Waals surface area (Å²) in [6.45, 7) is 4.29. The Morgan fingerprint density at radius 3 is 2.34 bits per heavy atom. The third kappa shape index (κ3) is 6.89. The molecule has 35 heavy (non-hydrogen) atoms. The molecule has 0 spiro atoms. The molecule has 10 heteroatoms. The standard InChI is InChI=1S/C25H31Cl2N3O4S/c26-21-4-3-20(24(27)17-21)18-29-14-9-19(10-15-29)25(31)28-11-16-34-22-5-7-23(8-6-22)35(32,33)30-12-1-2-13-30/h3-8,17,19H,1-2,9-16,18H2,(H,28,31). The minimum absolute atomic E-state index is 0.0120. The van der Waals surface area contributed by atoms with E-state index in [2.05, 4.69) is 10.2 Å². The van der Waals surface area contributed by atoms with E-state index < -0.39 is 10.0 Å². The van der Waals surface area contributed by atoms with Crippen LogP contribution in [0.4, 0.5) is 0 Å². The first-order valence-corrected chi connectivity index (χ1v) is 14.2. The van der Waals surface area contributed by atoms with Gasteiger partial charge >= 0.3 is 0 Å². The molecule has 1 amide bonds. The molecule has 4 rings (SSSR count). The van der Waals surface area contributed by atoms with Crippen molar-refractivity contribution in [3.63, 3.8) is 0 Å². The molecule has 0 saturated carbocycles. The highest BCUT2D eigenvalue weighted by Crippen LogP contribution is 2.25. The maximum absolute atomic E-state index is 12.6. The normalized spacial score (nSPS) is 18.0. The van der Waals surface area contributed by atoms with Gasteiger partial charge in [0.25, 0.3) is 0 Å². The van der Waals surface area contributed by atoms with Crippen molar-refractivity contribution in [1.82, 2.24) is 14.5 Å². The molecule has 190 valence electrons. The summed E-state index contributed by atoms with van der Waals surface area (Å²) < 4.78 is 32.4. The minimum Gasteiger partial charge on any atom is -0.492 e. The van der Waals surface area contributed by atoms with Gasteiger partial charge in [-0.25, -0.2) is 8.42 Å². The van der Waals surface area contributed by atoms with E-state index in [0.29, 0.717) is 42.0 Å². The zero-order chi connectivity index (χ0) is 24.8. The Hall–Kier alpha value is -1.84. The molecule has 2 aromatic rings. The lowest BCUT2D eigenvalue weighted by Crippen LogP contribution is -2.41. The largest absolute Gasteiger partial charge is 0.492 e. The molecule has 0 unspecified atom stereocenters. The fourth-order valence-corrected chi connectivity index (χ4v) is 6.50. The Morgan fingerprint density at radius 1 is 1.00 bits per heavy atom. The first-order chi connectivity index (χ1) is 16.8. The summed E-state index contributed by atoms with van der Waals surface area (Å²) in [5.74, 6) is 0.612. The van der Waals surface area contributed by atoms with E-state index in [1.165, 1.54) is 4.31 Å². The van der Waals surface area contributed by atoms with Crippen molar-refractivity contribution < 1.29 is 17.9 Å². The average Bonchev–Trinajstić information content (AvgIpc) is 3.40. The number of nitrogens with zero attached hydrogens (tertiary/aromatic N) is 2. The van der Waals surface area contributed by atoms with Crippen LogP contribution in [0, 0.1) is 5.92 Å². The predicted molar refractivity (Wildman–Crippen MR) is 137 cm³/mol. The lowest BCUT2D eigenvalue weighted by Gasteiger charge is -2.31. The molecule has 7 nitrogen and oxygen atoms in total. The van der Waals surface area contributed by atoms with Gasteiger partial charge in [-0.2, -0.15) is 4.31 Å². The minimum atomic E-state index is -3.42. The maximum atomic E-state index is 12.6. The Labute approximate surface area is 217 Å². The molecule has 2 aromatic carbocycles. The fraction of sp³-hybridized carbons (Fsp3) is 0.480. The molecular formula is C25H31Cl2N3O4S. The van der Waals surface area contributed by atoms with Gasteiger partial charge in [-0.3, -0.25) is 9.69 Å². The van der Waals surface area contributed by atoms with Crippen molar-refractivity contribution in [2.45, 2.75) is 37.1 Å². The number of amides is 1. The van der Waals surface area contributed by atoms with Crippen LogP contribution in [0.15, 0.2) is 47.4 Å². The van der Waals surface area contributed by atoms with Crippen LogP contribution < -0.4 is 10.1 Å². The van der Waals surface area contributed by atoms with Crippen LogP contribution in [0.3, 0.4) is 0 Å². The summed E-state index contributed by atoms with van der Waals surface area (Å²) in [5.41, 5.74) is 1.04. The summed E-state index contributed by atoms with van der Waals surface area (Å²) in [7, 11) is -3.42. The van der Waals surface area contributed by atoms with Gasteiger partial charge in [0.1, 0.15) is 12.4 Å². The van der Waals surface area contributed by atoms with Crippen molar-refractivity contribution in [3.05, 3.63) is 58.1 Å². The zero-order valence-corrected chi connectivity index (χ0v) is 21.9. The number of ether oxygens (including phenoxy) is 1. The topological polar surface area (TPSA) is 78.9 Å². The van der Waals surface area contributed by atoms with Gasteiger partial charge in [0.2, 0.25) is 15.9 Å². The van der Waals surface area contributed by atoms with Crippen LogP contribution in [-0.4, -0.2) is 62.9 Å². The first-order valence-electron chi connectivity index (χ1n) is 12.0. The molecule has 0 aliphatic carbocycles. The van der Waals surface area contributed by atoms with E-state index in [9.17, 15) is 13.2 Å². The van der Waals surface area contributed by atoms with Crippen molar-refractivity contribution in [2.24, 2.45) is 5.92 Å². The molecule has 1 N–H and O–H groups in total. The molecule has 2 aliphatic rings. The molecule has 0 aromatic heterocycles. The van der Waals surface area contributed by atoms with Crippen LogP contribution in [0.2, 0.25) is 10.0 Å². The molecule has 0 bridgehead atoms. The molecule has 2 fully saturated rings. The molecular weight excluding hydrogens is 509 g/mol. The molecule has 2 aliphatic heterocycles. The number of carbonyl (C=O) groups excluding carboxylic acids is 1. The molecule has 2 saturated heterocycles. The Balaban J connectivity index is 1.15. The van der Waals surface area contributed by atoms with Crippen LogP contribution in [-0.2, 0) is 21.4 Å². The average molecular weight is 541 g/mol. The van der Waals surface area contributed by atoms with E-state index in [1.807, 2.05) is 12.1 Å². The van der Waals surface area contributed by atoms with E-state index in [0.717, 1.165) is 50.9 Å². The van der Waals surface area contributed by atoms with E-state index in [4.69, 9.17) is 27.9 Å². The number of sulfonamides is 1. The number of carbonyl (C=O) groups is 1. The Kier molecular flexibility index (Phi) is 8.94. The van der Waals surface area contributed by atoms with Crippen LogP contribution in [0.1, 0.15) is 31.2 Å². The zero-order valence-electron chi connectivity index (χ0n) is 19.6. The number of likely N-dealkylation sites (tertiary alicyclic amines) is 1. The van der Waals surface area contributed by atoms with Crippen LogP contribution in [0.25, 0.3) is 0 Å². The number of piperidine rings is 1. The van der Waals surface area contributed by atoms with Gasteiger partial charge in [-0.15, -0.1) is 0 Å². The summed E-state index contributed by atoms with van der Waals surface area (Å²) in [6, 6.07) is 12.0. The van der Waals surface area contributed by atoms with Gasteiger partial charge in [0, 0.05) is 35.6 Å². The van der Waals surface area contributed by atoms with Crippen LogP contribution >= 0.6 is 23.2 Å². The summed E-state index contributed by atoms with van der Waals surface area (Å²) in [6.07, 6.45) is 3.41. The Morgan fingerprint density at radius 2 is 1.69 bits per heavy atom. The van der Waals surface area contributed by atoms with Gasteiger partial charge in [-0.05, 0) is 80.7 Å². The quantitative estimate of drug-likeness (QED) is 0.483. The van der Waals surface area contributed by atoms with Crippen molar-refractivity contribution >= 4 is 39.1 Å². The highest BCUT2D eigenvalue weighted by Gasteiger charge is 2.27. The third-order valence-corrected chi connectivity index (χ3v) is 9.06. The number of halogens is 2. The smallest absolute Gasteiger partial charge is 0.243 e. The highest BCUT2D eigenvalue weighted by molar-refractivity contribution is 7.89. The second-order valence-electron chi connectivity index (χ2n) is 9.01. The Bertz CT molecular complexity index is 1110. The summed E-state index contributed by atoms with van der Waals surface area (Å²) in [4.78, 5) is 15.1. The third-order valence-electron chi connectivity index (χ3n) is 6.56. The predicted octanol–water partition coefficient (Wildman–Crippen LogP) is 4.19. The lowest BCUT2D eigenvalue weighted by atomic mass is 9.95.